The number of hydrogen-bond acceptors (Lipinski definition) is 6. The van der Waals surface area contributed by atoms with Gasteiger partial charge in [0.2, 0.25) is 12.3 Å². The van der Waals surface area contributed by atoms with Crippen LogP contribution in [-0.2, 0) is 11.2 Å². The molecule has 0 fully saturated rings. The quantitative estimate of drug-likeness (QED) is 0.267. The minimum absolute atomic E-state index is 0.0930. The SMILES string of the molecule is CCC(C(=O)NCCc1ncon1)C(N)=NO. The maximum Gasteiger partial charge on any atom is 0.230 e. The van der Waals surface area contributed by atoms with E-state index in [0.29, 0.717) is 25.2 Å². The minimum Gasteiger partial charge on any atom is -0.409 e. The van der Waals surface area contributed by atoms with Gasteiger partial charge >= 0.3 is 0 Å². The molecule has 0 aromatic carbocycles. The molecule has 0 aliphatic carbocycles. The number of nitrogens with two attached hydrogens (primary N) is 1. The monoisotopic (exact) mass is 241 g/mol. The van der Waals surface area contributed by atoms with Crippen molar-refractivity contribution in [3.05, 3.63) is 12.2 Å². The third-order valence-electron chi connectivity index (χ3n) is 2.25. The number of oxime groups is 1. The van der Waals surface area contributed by atoms with Gasteiger partial charge in [-0.05, 0) is 6.42 Å². The maximum atomic E-state index is 11.7. The number of carbonyl (C=O) groups excluding carboxylic acids is 1. The van der Waals surface area contributed by atoms with Gasteiger partial charge in [-0.15, -0.1) is 0 Å². The van der Waals surface area contributed by atoms with E-state index in [1.807, 2.05) is 0 Å². The van der Waals surface area contributed by atoms with E-state index >= 15 is 0 Å². The molecular weight excluding hydrogens is 226 g/mol. The van der Waals surface area contributed by atoms with Gasteiger partial charge in [0.1, 0.15) is 0 Å². The third-order valence-corrected chi connectivity index (χ3v) is 2.25. The second-order valence-corrected chi connectivity index (χ2v) is 3.37. The highest BCUT2D eigenvalue weighted by Gasteiger charge is 2.20. The topological polar surface area (TPSA) is 127 Å². The van der Waals surface area contributed by atoms with E-state index < -0.39 is 5.92 Å². The van der Waals surface area contributed by atoms with E-state index in [1.54, 1.807) is 6.92 Å². The van der Waals surface area contributed by atoms with Crippen LogP contribution < -0.4 is 11.1 Å². The van der Waals surface area contributed by atoms with E-state index in [-0.39, 0.29) is 11.7 Å². The van der Waals surface area contributed by atoms with Crippen LogP contribution in [0.1, 0.15) is 19.2 Å². The average molecular weight is 241 g/mol. The number of amides is 1. The third kappa shape index (κ3) is 3.74. The molecule has 1 atom stereocenters. The molecule has 0 aliphatic heterocycles. The second-order valence-electron chi connectivity index (χ2n) is 3.37. The molecule has 94 valence electrons. The van der Waals surface area contributed by atoms with Crippen molar-refractivity contribution in [3.8, 4) is 0 Å². The lowest BCUT2D eigenvalue weighted by Crippen LogP contribution is -2.39. The number of aromatic nitrogens is 2. The standard InChI is InChI=1S/C9H15N5O3/c1-2-6(8(10)13-16)9(15)11-4-3-7-12-5-17-14-7/h5-6,16H,2-4H2,1H3,(H2,10,13)(H,11,15). The van der Waals surface area contributed by atoms with Crippen LogP contribution in [0.2, 0.25) is 0 Å². The largest absolute Gasteiger partial charge is 0.409 e. The number of rotatable bonds is 6. The van der Waals surface area contributed by atoms with Crippen LogP contribution in [0.15, 0.2) is 16.1 Å². The molecule has 4 N–H and O–H groups in total. The summed E-state index contributed by atoms with van der Waals surface area (Å²) in [5.74, 6) is -0.483. The van der Waals surface area contributed by atoms with Crippen LogP contribution in [0.5, 0.6) is 0 Å². The molecule has 0 radical (unpaired) electrons. The molecule has 1 unspecified atom stereocenters. The Balaban J connectivity index is 2.38. The summed E-state index contributed by atoms with van der Waals surface area (Å²) in [5, 5.41) is 17.6. The van der Waals surface area contributed by atoms with E-state index in [4.69, 9.17) is 10.9 Å². The molecule has 0 bridgehead atoms. The first-order valence-electron chi connectivity index (χ1n) is 5.19. The Morgan fingerprint density at radius 1 is 1.76 bits per heavy atom. The van der Waals surface area contributed by atoms with E-state index in [2.05, 4.69) is 25.1 Å². The molecule has 0 saturated heterocycles. The molecule has 1 heterocycles. The van der Waals surface area contributed by atoms with Crippen LogP contribution in [0.4, 0.5) is 0 Å². The summed E-state index contributed by atoms with van der Waals surface area (Å²) < 4.78 is 4.55. The minimum atomic E-state index is -0.620. The van der Waals surface area contributed by atoms with Crippen molar-refractivity contribution in [3.63, 3.8) is 0 Å². The van der Waals surface area contributed by atoms with Crippen molar-refractivity contribution in [2.75, 3.05) is 6.54 Å². The molecular formula is C9H15N5O3. The first kappa shape index (κ1) is 12.9. The van der Waals surface area contributed by atoms with Crippen molar-refractivity contribution >= 4 is 11.7 Å². The number of nitrogens with one attached hydrogen (secondary N) is 1. The predicted octanol–water partition coefficient (Wildman–Crippen LogP) is -0.499. The number of amidine groups is 1. The number of carbonyl (C=O) groups is 1. The Bertz CT molecular complexity index is 376. The molecule has 8 nitrogen and oxygen atoms in total. The summed E-state index contributed by atoms with van der Waals surface area (Å²) in [5.41, 5.74) is 5.39. The highest BCUT2D eigenvalue weighted by atomic mass is 16.5. The second kappa shape index (κ2) is 6.46. The number of nitrogens with zero attached hydrogens (tertiary/aromatic N) is 3. The van der Waals surface area contributed by atoms with Crippen LogP contribution in [0.3, 0.4) is 0 Å². The maximum absolute atomic E-state index is 11.7. The fourth-order valence-electron chi connectivity index (χ4n) is 1.32. The van der Waals surface area contributed by atoms with E-state index in [1.165, 1.54) is 6.39 Å². The van der Waals surface area contributed by atoms with Gasteiger partial charge in [0, 0.05) is 13.0 Å². The lowest BCUT2D eigenvalue weighted by Gasteiger charge is -2.12. The molecule has 0 aliphatic rings. The molecule has 17 heavy (non-hydrogen) atoms. The molecule has 1 rings (SSSR count). The van der Waals surface area contributed by atoms with E-state index in [9.17, 15) is 4.79 Å². The molecule has 8 heteroatoms. The van der Waals surface area contributed by atoms with Crippen molar-refractivity contribution < 1.29 is 14.5 Å². The highest BCUT2D eigenvalue weighted by Crippen LogP contribution is 2.02. The first-order valence-corrected chi connectivity index (χ1v) is 5.19. The summed E-state index contributed by atoms with van der Waals surface area (Å²) in [7, 11) is 0. The first-order chi connectivity index (χ1) is 8.19. The molecule has 1 aromatic rings. The van der Waals surface area contributed by atoms with Gasteiger partial charge < -0.3 is 20.8 Å². The summed E-state index contributed by atoms with van der Waals surface area (Å²) >= 11 is 0. The molecule has 1 amide bonds. The van der Waals surface area contributed by atoms with Crippen LogP contribution in [-0.4, -0.2) is 33.6 Å². The normalized spacial score (nSPS) is 13.4. The van der Waals surface area contributed by atoms with Crippen LogP contribution >= 0.6 is 0 Å². The predicted molar refractivity (Wildman–Crippen MR) is 58.2 cm³/mol. The van der Waals surface area contributed by atoms with Crippen molar-refractivity contribution in [1.29, 1.82) is 0 Å². The van der Waals surface area contributed by atoms with Gasteiger partial charge in [0.15, 0.2) is 11.7 Å². The number of hydrogen-bond donors (Lipinski definition) is 3. The van der Waals surface area contributed by atoms with Gasteiger partial charge in [-0.3, -0.25) is 4.79 Å². The van der Waals surface area contributed by atoms with Crippen LogP contribution in [0, 0.1) is 5.92 Å². The zero-order valence-electron chi connectivity index (χ0n) is 9.46. The summed E-state index contributed by atoms with van der Waals surface area (Å²) in [6.45, 7) is 2.15. The summed E-state index contributed by atoms with van der Waals surface area (Å²) in [6.07, 6.45) is 2.15. The average Bonchev–Trinajstić information content (AvgIpc) is 2.82. The van der Waals surface area contributed by atoms with Crippen LogP contribution in [0.25, 0.3) is 0 Å². The van der Waals surface area contributed by atoms with Crippen molar-refractivity contribution in [1.82, 2.24) is 15.5 Å². The molecule has 1 aromatic heterocycles. The Hall–Kier alpha value is -2.12. The van der Waals surface area contributed by atoms with Gasteiger partial charge in [-0.2, -0.15) is 4.98 Å². The highest BCUT2D eigenvalue weighted by molar-refractivity contribution is 6.01. The van der Waals surface area contributed by atoms with Gasteiger partial charge in [0.25, 0.3) is 0 Å². The molecule has 0 spiro atoms. The van der Waals surface area contributed by atoms with Crippen molar-refractivity contribution in [2.45, 2.75) is 19.8 Å². The van der Waals surface area contributed by atoms with Crippen molar-refractivity contribution in [2.24, 2.45) is 16.8 Å². The summed E-state index contributed by atoms with van der Waals surface area (Å²) in [6, 6.07) is 0. The Morgan fingerprint density at radius 2 is 2.53 bits per heavy atom. The Labute approximate surface area is 97.9 Å². The molecule has 0 saturated carbocycles. The summed E-state index contributed by atoms with van der Waals surface area (Å²) in [4.78, 5) is 15.5. The lowest BCUT2D eigenvalue weighted by atomic mass is 10.0. The van der Waals surface area contributed by atoms with Gasteiger partial charge in [0.05, 0.1) is 5.92 Å². The Morgan fingerprint density at radius 3 is 3.06 bits per heavy atom. The van der Waals surface area contributed by atoms with Gasteiger partial charge in [-0.1, -0.05) is 17.2 Å². The zero-order valence-corrected chi connectivity index (χ0v) is 9.46. The fraction of sp³-hybridized carbons (Fsp3) is 0.556. The fourth-order valence-corrected chi connectivity index (χ4v) is 1.32. The smallest absolute Gasteiger partial charge is 0.230 e. The Kier molecular flexibility index (Phi) is 4.92. The van der Waals surface area contributed by atoms with Gasteiger partial charge in [-0.25, -0.2) is 0 Å². The lowest BCUT2D eigenvalue weighted by molar-refractivity contribution is -0.123. The zero-order chi connectivity index (χ0) is 12.7. The van der Waals surface area contributed by atoms with E-state index in [0.717, 1.165) is 0 Å².